The number of carbonyl (C=O) groups is 1. The van der Waals surface area contributed by atoms with Gasteiger partial charge in [0.1, 0.15) is 11.5 Å². The molecule has 0 saturated heterocycles. The van der Waals surface area contributed by atoms with Crippen LogP contribution < -0.4 is 15.3 Å². The molecule has 4 nitrogen and oxygen atoms in total. The summed E-state index contributed by atoms with van der Waals surface area (Å²) < 4.78 is 21.1. The molecular weight excluding hydrogens is 443 g/mol. The molecule has 3 aromatic rings. The summed E-state index contributed by atoms with van der Waals surface area (Å²) in [7, 11) is -1.01. The van der Waals surface area contributed by atoms with Gasteiger partial charge in [-0.25, -0.2) is 4.39 Å². The fraction of sp³-hybridized carbons (Fsp3) is 0.286. The van der Waals surface area contributed by atoms with Crippen molar-refractivity contribution in [3.8, 4) is 0 Å². The molecule has 0 radical (unpaired) electrons. The van der Waals surface area contributed by atoms with Gasteiger partial charge in [-0.05, 0) is 27.9 Å². The number of hydrogen-bond acceptors (Lipinski definition) is 3. The summed E-state index contributed by atoms with van der Waals surface area (Å²) in [5.41, 5.74) is 1.18. The molecule has 0 atom stereocenters. The van der Waals surface area contributed by atoms with Crippen LogP contribution in [0.3, 0.4) is 0 Å². The Balaban J connectivity index is 1.56. The monoisotopic (exact) mass is 474 g/mol. The molecule has 1 aliphatic heterocycles. The molecule has 4 rings (SSSR count). The predicted octanol–water partition coefficient (Wildman–Crippen LogP) is 4.56. The van der Waals surface area contributed by atoms with E-state index in [0.717, 1.165) is 0 Å². The number of amides is 1. The quantitative estimate of drug-likeness (QED) is 0.372. The van der Waals surface area contributed by atoms with Gasteiger partial charge >= 0.3 is 0 Å². The van der Waals surface area contributed by atoms with Crippen molar-refractivity contribution >= 4 is 36.0 Å². The lowest BCUT2D eigenvalue weighted by Crippen LogP contribution is -2.66. The maximum Gasteiger partial charge on any atom is 0.276 e. The third-order valence-electron chi connectivity index (χ3n) is 6.39. The molecule has 1 amide bonds. The van der Waals surface area contributed by atoms with Gasteiger partial charge in [0.05, 0.1) is 5.69 Å². The Morgan fingerprint density at radius 3 is 2.06 bits per heavy atom. The van der Waals surface area contributed by atoms with Crippen LogP contribution in [0.25, 0.3) is 0 Å². The van der Waals surface area contributed by atoms with Crippen LogP contribution in [-0.2, 0) is 9.22 Å². The number of para-hydroxylation sites is 1. The van der Waals surface area contributed by atoms with Gasteiger partial charge in [-0.1, -0.05) is 93.6 Å². The number of fused-ring (bicyclic) bond motifs is 1. The van der Waals surface area contributed by atoms with Crippen LogP contribution >= 0.6 is 0 Å². The summed E-state index contributed by atoms with van der Waals surface area (Å²) in [6.45, 7) is 7.70. The molecule has 6 heteroatoms. The first-order valence-electron chi connectivity index (χ1n) is 11.6. The standard InChI is InChI=1S/C28H31FN2O2Si/c1-28(2,3)34(21-13-7-5-8-14-21,22-15-9-6-10-16-22)33-20-12-19-30-25-23-17-11-18-24(29)26(23)31(4)27(25)32/h5-11,13-18H,12,19-20H2,1-4H3/b30-25+. The smallest absolute Gasteiger partial charge is 0.276 e. The minimum Gasteiger partial charge on any atom is -0.407 e. The Morgan fingerprint density at radius 1 is 0.912 bits per heavy atom. The molecule has 0 N–H and O–H groups in total. The first kappa shape index (κ1) is 24.0. The molecular formula is C28H31FN2O2Si. The fourth-order valence-corrected chi connectivity index (χ4v) is 9.42. The topological polar surface area (TPSA) is 41.9 Å². The maximum atomic E-state index is 14.2. The molecule has 0 aliphatic carbocycles. The number of hydrogen-bond donors (Lipinski definition) is 0. The van der Waals surface area contributed by atoms with Gasteiger partial charge < -0.3 is 9.33 Å². The molecule has 0 saturated carbocycles. The first-order valence-corrected chi connectivity index (χ1v) is 13.5. The molecule has 1 aliphatic rings. The van der Waals surface area contributed by atoms with E-state index in [-0.39, 0.29) is 10.9 Å². The minimum atomic E-state index is -2.59. The third-order valence-corrected chi connectivity index (χ3v) is 11.4. The van der Waals surface area contributed by atoms with E-state index in [4.69, 9.17) is 4.43 Å². The Labute approximate surface area is 202 Å². The molecule has 0 unspecified atom stereocenters. The number of halogens is 1. The van der Waals surface area contributed by atoms with Crippen LogP contribution in [0.5, 0.6) is 0 Å². The molecule has 0 spiro atoms. The predicted molar refractivity (Wildman–Crippen MR) is 139 cm³/mol. The number of rotatable bonds is 7. The number of benzene rings is 3. The lowest BCUT2D eigenvalue weighted by molar-refractivity contribution is -0.112. The highest BCUT2D eigenvalue weighted by atomic mass is 28.4. The third kappa shape index (κ3) is 4.24. The Hall–Kier alpha value is -3.09. The zero-order chi connectivity index (χ0) is 24.3. The zero-order valence-electron chi connectivity index (χ0n) is 20.2. The maximum absolute atomic E-state index is 14.2. The van der Waals surface area contributed by atoms with Crippen molar-refractivity contribution in [1.29, 1.82) is 0 Å². The van der Waals surface area contributed by atoms with Gasteiger partial charge in [-0.3, -0.25) is 9.79 Å². The highest BCUT2D eigenvalue weighted by molar-refractivity contribution is 6.99. The summed E-state index contributed by atoms with van der Waals surface area (Å²) >= 11 is 0. The number of anilines is 1. The minimum absolute atomic E-state index is 0.0950. The van der Waals surface area contributed by atoms with Gasteiger partial charge in [0.2, 0.25) is 0 Å². The molecule has 0 bridgehead atoms. The second-order valence-electron chi connectivity index (χ2n) is 9.60. The van der Waals surface area contributed by atoms with Gasteiger partial charge in [0.25, 0.3) is 14.2 Å². The van der Waals surface area contributed by atoms with E-state index in [1.165, 1.54) is 21.3 Å². The molecule has 0 aromatic heterocycles. The highest BCUT2D eigenvalue weighted by Crippen LogP contribution is 2.37. The SMILES string of the molecule is CN1C(=O)/C(=N/CCCO[Si](c2ccccc2)(c2ccccc2)C(C)(C)C)c2cccc(F)c21. The van der Waals surface area contributed by atoms with Gasteiger partial charge in [-0.2, -0.15) is 0 Å². The first-order chi connectivity index (χ1) is 16.3. The van der Waals surface area contributed by atoms with Crippen LogP contribution in [0.15, 0.2) is 83.9 Å². The zero-order valence-corrected chi connectivity index (χ0v) is 21.2. The van der Waals surface area contributed by atoms with Crippen molar-refractivity contribution in [2.75, 3.05) is 25.1 Å². The van der Waals surface area contributed by atoms with E-state index < -0.39 is 14.1 Å². The number of nitrogens with zero attached hydrogens (tertiary/aromatic N) is 2. The van der Waals surface area contributed by atoms with E-state index in [1.807, 2.05) is 12.1 Å². The lowest BCUT2D eigenvalue weighted by Gasteiger charge is -2.43. The Kier molecular flexibility index (Phi) is 6.82. The van der Waals surface area contributed by atoms with Crippen LogP contribution in [0.1, 0.15) is 32.8 Å². The normalized spacial score (nSPS) is 15.1. The van der Waals surface area contributed by atoms with Crippen molar-refractivity contribution in [3.63, 3.8) is 0 Å². The molecule has 0 fully saturated rings. The molecule has 34 heavy (non-hydrogen) atoms. The Bertz CT molecular complexity index is 1150. The van der Waals surface area contributed by atoms with Crippen molar-refractivity contribution < 1.29 is 13.6 Å². The van der Waals surface area contributed by atoms with Crippen LogP contribution in [0, 0.1) is 5.82 Å². The van der Waals surface area contributed by atoms with E-state index in [1.54, 1.807) is 19.2 Å². The van der Waals surface area contributed by atoms with E-state index >= 15 is 0 Å². The van der Waals surface area contributed by atoms with Crippen LogP contribution in [0.4, 0.5) is 10.1 Å². The second-order valence-corrected chi connectivity index (χ2v) is 13.9. The van der Waals surface area contributed by atoms with Crippen LogP contribution in [0.2, 0.25) is 5.04 Å². The average molecular weight is 475 g/mol. The molecule has 3 aromatic carbocycles. The molecule has 1 heterocycles. The van der Waals surface area contributed by atoms with Crippen molar-refractivity contribution in [2.45, 2.75) is 32.2 Å². The number of carbonyl (C=O) groups excluding carboxylic acids is 1. The van der Waals surface area contributed by atoms with Crippen LogP contribution in [-0.4, -0.2) is 40.1 Å². The number of aliphatic imine (C=N–C) groups is 1. The summed E-state index contributed by atoms with van der Waals surface area (Å²) in [5, 5.41) is 2.37. The fourth-order valence-electron chi connectivity index (χ4n) is 4.82. The van der Waals surface area contributed by atoms with E-state index in [0.29, 0.717) is 36.5 Å². The largest absolute Gasteiger partial charge is 0.407 e. The van der Waals surface area contributed by atoms with Crippen molar-refractivity contribution in [2.24, 2.45) is 4.99 Å². The number of likely N-dealkylation sites (N-methyl/N-ethyl adjacent to an activating group) is 1. The second kappa shape index (κ2) is 9.64. The van der Waals surface area contributed by atoms with Gasteiger partial charge in [0.15, 0.2) is 0 Å². The summed E-state index contributed by atoms with van der Waals surface area (Å²) in [6, 6.07) is 25.7. The molecule has 176 valence electrons. The Morgan fingerprint density at radius 2 is 1.50 bits per heavy atom. The van der Waals surface area contributed by atoms with Gasteiger partial charge in [-0.15, -0.1) is 0 Å². The van der Waals surface area contributed by atoms with E-state index in [2.05, 4.69) is 74.3 Å². The average Bonchev–Trinajstić information content (AvgIpc) is 3.07. The summed E-state index contributed by atoms with van der Waals surface area (Å²) in [6.07, 6.45) is 0.662. The highest BCUT2D eigenvalue weighted by Gasteiger charge is 2.49. The summed E-state index contributed by atoms with van der Waals surface area (Å²) in [4.78, 5) is 18.5. The lowest BCUT2D eigenvalue weighted by atomic mass is 10.1. The van der Waals surface area contributed by atoms with Crippen molar-refractivity contribution in [1.82, 2.24) is 0 Å². The summed E-state index contributed by atoms with van der Waals surface area (Å²) in [5.74, 6) is -0.679. The van der Waals surface area contributed by atoms with Gasteiger partial charge in [0, 0.05) is 25.8 Å². The van der Waals surface area contributed by atoms with E-state index in [9.17, 15) is 9.18 Å². The van der Waals surface area contributed by atoms with Crippen molar-refractivity contribution in [3.05, 3.63) is 90.2 Å².